The van der Waals surface area contributed by atoms with Crippen LogP contribution in [0.15, 0.2) is 36.4 Å². The number of ether oxygens (including phenoxy) is 2. The van der Waals surface area contributed by atoms with Crippen LogP contribution in [0, 0.1) is 0 Å². The van der Waals surface area contributed by atoms with Gasteiger partial charge >= 0.3 is 0 Å². The number of benzene rings is 2. The molecule has 0 saturated heterocycles. The Morgan fingerprint density at radius 2 is 1.82 bits per heavy atom. The van der Waals surface area contributed by atoms with E-state index in [1.807, 2.05) is 36.4 Å². The van der Waals surface area contributed by atoms with E-state index in [1.54, 1.807) is 14.2 Å². The Bertz CT molecular complexity index is 631. The van der Waals surface area contributed by atoms with Gasteiger partial charge in [-0.05, 0) is 22.8 Å². The standard InChI is InChI=1S/C17H20ClNO3/c1-21-15-7-6-14(16(18)17(15)22-2)10-19-9-12-4-3-5-13(8-12)11-20/h3-8,19-20H,9-11H2,1-2H3. The Kier molecular flexibility index (Phi) is 6.07. The van der Waals surface area contributed by atoms with Crippen molar-refractivity contribution in [2.75, 3.05) is 14.2 Å². The van der Waals surface area contributed by atoms with Crippen molar-refractivity contribution in [2.24, 2.45) is 0 Å². The maximum absolute atomic E-state index is 9.15. The summed E-state index contributed by atoms with van der Waals surface area (Å²) in [5.41, 5.74) is 2.96. The summed E-state index contributed by atoms with van der Waals surface area (Å²) in [5.74, 6) is 1.16. The van der Waals surface area contributed by atoms with Crippen molar-refractivity contribution < 1.29 is 14.6 Å². The summed E-state index contributed by atoms with van der Waals surface area (Å²) in [6.07, 6.45) is 0. The normalized spacial score (nSPS) is 10.5. The van der Waals surface area contributed by atoms with Crippen LogP contribution >= 0.6 is 11.6 Å². The average Bonchev–Trinajstić information content (AvgIpc) is 2.56. The quantitative estimate of drug-likeness (QED) is 0.822. The van der Waals surface area contributed by atoms with E-state index in [2.05, 4.69) is 5.32 Å². The summed E-state index contributed by atoms with van der Waals surface area (Å²) in [5, 5.41) is 13.0. The van der Waals surface area contributed by atoms with Gasteiger partial charge in [0, 0.05) is 13.1 Å². The molecular formula is C17H20ClNO3. The van der Waals surface area contributed by atoms with E-state index in [-0.39, 0.29) is 6.61 Å². The molecular weight excluding hydrogens is 302 g/mol. The lowest BCUT2D eigenvalue weighted by Crippen LogP contribution is -2.13. The summed E-state index contributed by atoms with van der Waals surface area (Å²) in [6, 6.07) is 11.6. The van der Waals surface area contributed by atoms with Crippen LogP contribution in [0.25, 0.3) is 0 Å². The van der Waals surface area contributed by atoms with Gasteiger partial charge in [-0.3, -0.25) is 0 Å². The molecule has 2 aromatic rings. The molecule has 0 spiro atoms. The average molecular weight is 322 g/mol. The summed E-state index contributed by atoms with van der Waals surface area (Å²) < 4.78 is 10.5. The first-order chi connectivity index (χ1) is 10.7. The van der Waals surface area contributed by atoms with Crippen LogP contribution in [0.2, 0.25) is 5.02 Å². The minimum atomic E-state index is 0.0509. The van der Waals surface area contributed by atoms with E-state index in [1.165, 1.54) is 0 Å². The van der Waals surface area contributed by atoms with Crippen molar-refractivity contribution in [2.45, 2.75) is 19.7 Å². The molecule has 2 rings (SSSR count). The van der Waals surface area contributed by atoms with Gasteiger partial charge in [0.15, 0.2) is 11.5 Å². The zero-order valence-corrected chi connectivity index (χ0v) is 13.5. The number of nitrogens with one attached hydrogen (secondary N) is 1. The smallest absolute Gasteiger partial charge is 0.179 e. The molecule has 0 bridgehead atoms. The van der Waals surface area contributed by atoms with Gasteiger partial charge in [0.1, 0.15) is 0 Å². The van der Waals surface area contributed by atoms with Crippen LogP contribution in [0.3, 0.4) is 0 Å². The van der Waals surface area contributed by atoms with Crippen LogP contribution in [0.5, 0.6) is 11.5 Å². The molecule has 0 aliphatic carbocycles. The summed E-state index contributed by atoms with van der Waals surface area (Å²) in [6.45, 7) is 1.36. The minimum absolute atomic E-state index is 0.0509. The minimum Gasteiger partial charge on any atom is -0.493 e. The highest BCUT2D eigenvalue weighted by Crippen LogP contribution is 2.37. The van der Waals surface area contributed by atoms with Gasteiger partial charge in [-0.15, -0.1) is 0 Å². The van der Waals surface area contributed by atoms with Gasteiger partial charge in [0.2, 0.25) is 0 Å². The Labute approximate surface area is 135 Å². The highest BCUT2D eigenvalue weighted by atomic mass is 35.5. The van der Waals surface area contributed by atoms with Gasteiger partial charge in [-0.1, -0.05) is 41.9 Å². The van der Waals surface area contributed by atoms with Crippen molar-refractivity contribution in [1.82, 2.24) is 5.32 Å². The van der Waals surface area contributed by atoms with Crippen LogP contribution < -0.4 is 14.8 Å². The third-order valence-electron chi connectivity index (χ3n) is 3.38. The number of hydrogen-bond donors (Lipinski definition) is 2. The van der Waals surface area contributed by atoms with Crippen molar-refractivity contribution >= 4 is 11.6 Å². The van der Waals surface area contributed by atoms with Crippen molar-refractivity contribution in [1.29, 1.82) is 0 Å². The van der Waals surface area contributed by atoms with Gasteiger partial charge < -0.3 is 19.9 Å². The van der Waals surface area contributed by atoms with E-state index < -0.39 is 0 Å². The molecule has 0 heterocycles. The second-order valence-electron chi connectivity index (χ2n) is 4.86. The molecule has 0 unspecified atom stereocenters. The lowest BCUT2D eigenvalue weighted by atomic mass is 10.1. The summed E-state index contributed by atoms with van der Waals surface area (Å²) in [4.78, 5) is 0. The molecule has 0 saturated carbocycles. The summed E-state index contributed by atoms with van der Waals surface area (Å²) >= 11 is 6.34. The Morgan fingerprint density at radius 1 is 1.05 bits per heavy atom. The van der Waals surface area contributed by atoms with Gasteiger partial charge in [0.05, 0.1) is 25.8 Å². The second-order valence-corrected chi connectivity index (χ2v) is 5.23. The third kappa shape index (κ3) is 3.91. The van der Waals surface area contributed by atoms with E-state index >= 15 is 0 Å². The van der Waals surface area contributed by atoms with Crippen LogP contribution in [0.1, 0.15) is 16.7 Å². The number of methoxy groups -OCH3 is 2. The molecule has 0 amide bonds. The largest absolute Gasteiger partial charge is 0.493 e. The second kappa shape index (κ2) is 8.03. The van der Waals surface area contributed by atoms with Gasteiger partial charge in [-0.2, -0.15) is 0 Å². The topological polar surface area (TPSA) is 50.7 Å². The molecule has 5 heteroatoms. The SMILES string of the molecule is COc1ccc(CNCc2cccc(CO)c2)c(Cl)c1OC. The fourth-order valence-corrected chi connectivity index (χ4v) is 2.55. The molecule has 0 aliphatic heterocycles. The van der Waals surface area contributed by atoms with Crippen molar-refractivity contribution in [3.8, 4) is 11.5 Å². The van der Waals surface area contributed by atoms with Gasteiger partial charge in [0.25, 0.3) is 0 Å². The third-order valence-corrected chi connectivity index (χ3v) is 3.80. The van der Waals surface area contributed by atoms with Gasteiger partial charge in [-0.25, -0.2) is 0 Å². The van der Waals surface area contributed by atoms with E-state index in [0.717, 1.165) is 16.7 Å². The first-order valence-corrected chi connectivity index (χ1v) is 7.36. The first kappa shape index (κ1) is 16.6. The molecule has 22 heavy (non-hydrogen) atoms. The zero-order valence-electron chi connectivity index (χ0n) is 12.7. The predicted molar refractivity (Wildman–Crippen MR) is 87.5 cm³/mol. The van der Waals surface area contributed by atoms with E-state index in [4.69, 9.17) is 26.2 Å². The number of aliphatic hydroxyl groups excluding tert-OH is 1. The molecule has 0 fully saturated rings. The number of rotatable bonds is 7. The number of aliphatic hydroxyl groups is 1. The Morgan fingerprint density at radius 3 is 2.50 bits per heavy atom. The zero-order chi connectivity index (χ0) is 15.9. The molecule has 0 aliphatic rings. The maximum atomic E-state index is 9.15. The summed E-state index contributed by atoms with van der Waals surface area (Å²) in [7, 11) is 3.15. The maximum Gasteiger partial charge on any atom is 0.179 e. The molecule has 0 aromatic heterocycles. The lowest BCUT2D eigenvalue weighted by Gasteiger charge is -2.13. The molecule has 2 N–H and O–H groups in total. The predicted octanol–water partition coefficient (Wildman–Crippen LogP) is 3.14. The Balaban J connectivity index is 2.02. The molecule has 118 valence electrons. The lowest BCUT2D eigenvalue weighted by molar-refractivity contribution is 0.281. The fraction of sp³-hybridized carbons (Fsp3) is 0.294. The highest BCUT2D eigenvalue weighted by Gasteiger charge is 2.12. The number of hydrogen-bond acceptors (Lipinski definition) is 4. The molecule has 0 atom stereocenters. The molecule has 2 aromatic carbocycles. The molecule has 4 nitrogen and oxygen atoms in total. The van der Waals surface area contributed by atoms with Crippen molar-refractivity contribution in [3.05, 3.63) is 58.1 Å². The fourth-order valence-electron chi connectivity index (χ4n) is 2.25. The van der Waals surface area contributed by atoms with Crippen LogP contribution in [-0.2, 0) is 19.7 Å². The van der Waals surface area contributed by atoms with E-state index in [9.17, 15) is 0 Å². The number of halogens is 1. The van der Waals surface area contributed by atoms with Crippen molar-refractivity contribution in [3.63, 3.8) is 0 Å². The molecule has 0 radical (unpaired) electrons. The van der Waals surface area contributed by atoms with E-state index in [0.29, 0.717) is 29.6 Å². The monoisotopic (exact) mass is 321 g/mol. The highest BCUT2D eigenvalue weighted by molar-refractivity contribution is 6.33. The van der Waals surface area contributed by atoms with Crippen LogP contribution in [0.4, 0.5) is 0 Å². The first-order valence-electron chi connectivity index (χ1n) is 6.98. The van der Waals surface area contributed by atoms with Crippen LogP contribution in [-0.4, -0.2) is 19.3 Å². The Hall–Kier alpha value is -1.75.